The molecule has 2 aromatic rings. The molecule has 0 atom stereocenters. The first-order chi connectivity index (χ1) is 8.67. The summed E-state index contributed by atoms with van der Waals surface area (Å²) in [6.45, 7) is 4.50. The minimum absolute atomic E-state index is 0.203. The van der Waals surface area contributed by atoms with E-state index < -0.39 is 0 Å². The normalized spacial score (nSPS) is 10.6. The Hall–Kier alpha value is -2.04. The molecule has 5 heteroatoms. The van der Waals surface area contributed by atoms with Gasteiger partial charge in [-0.15, -0.1) is 0 Å². The van der Waals surface area contributed by atoms with Gasteiger partial charge in [0.2, 0.25) is 5.78 Å². The zero-order valence-corrected chi connectivity index (χ0v) is 10.8. The van der Waals surface area contributed by atoms with Gasteiger partial charge in [0.15, 0.2) is 17.2 Å². The average molecular weight is 248 g/mol. The lowest BCUT2D eigenvalue weighted by Crippen LogP contribution is -2.12. The standard InChI is InChI=1S/C13H16N2O3/c1-4-7-15-12(11(17-3)8-14-15)13(16)10-6-5-9(2)18-10/h5-6,8H,4,7H2,1-3H3. The predicted molar refractivity (Wildman–Crippen MR) is 65.9 cm³/mol. The summed E-state index contributed by atoms with van der Waals surface area (Å²) in [7, 11) is 1.53. The van der Waals surface area contributed by atoms with Crippen molar-refractivity contribution in [2.24, 2.45) is 0 Å². The van der Waals surface area contributed by atoms with Crippen LogP contribution in [0.25, 0.3) is 0 Å². The van der Waals surface area contributed by atoms with E-state index in [1.165, 1.54) is 7.11 Å². The number of aromatic nitrogens is 2. The Morgan fingerprint density at radius 3 is 2.83 bits per heavy atom. The van der Waals surface area contributed by atoms with Gasteiger partial charge in [-0.2, -0.15) is 5.10 Å². The van der Waals surface area contributed by atoms with Crippen molar-refractivity contribution in [2.45, 2.75) is 26.8 Å². The maximum atomic E-state index is 12.4. The number of rotatable bonds is 5. The fraction of sp³-hybridized carbons (Fsp3) is 0.385. The van der Waals surface area contributed by atoms with Crippen LogP contribution in [0, 0.1) is 6.92 Å². The lowest BCUT2D eigenvalue weighted by Gasteiger charge is -2.05. The summed E-state index contributed by atoms with van der Waals surface area (Å²) in [6, 6.07) is 3.43. The second-order valence-electron chi connectivity index (χ2n) is 4.02. The lowest BCUT2D eigenvalue weighted by atomic mass is 10.2. The van der Waals surface area contributed by atoms with Gasteiger partial charge in [0, 0.05) is 6.54 Å². The van der Waals surface area contributed by atoms with Gasteiger partial charge < -0.3 is 9.15 Å². The molecule has 0 unspecified atom stereocenters. The molecule has 0 aromatic carbocycles. The third-order valence-corrected chi connectivity index (χ3v) is 2.64. The monoisotopic (exact) mass is 248 g/mol. The number of hydrogen-bond acceptors (Lipinski definition) is 4. The molecule has 96 valence electrons. The van der Waals surface area contributed by atoms with E-state index in [0.717, 1.165) is 6.42 Å². The van der Waals surface area contributed by atoms with Gasteiger partial charge in [-0.3, -0.25) is 9.48 Å². The van der Waals surface area contributed by atoms with Crippen LogP contribution in [0.2, 0.25) is 0 Å². The van der Waals surface area contributed by atoms with E-state index in [9.17, 15) is 4.79 Å². The summed E-state index contributed by atoms with van der Waals surface area (Å²) >= 11 is 0. The Balaban J connectivity index is 2.42. The molecule has 0 aliphatic rings. The van der Waals surface area contributed by atoms with Crippen molar-refractivity contribution in [3.63, 3.8) is 0 Å². The molecule has 0 aliphatic heterocycles. The maximum Gasteiger partial charge on any atom is 0.249 e. The smallest absolute Gasteiger partial charge is 0.249 e. The first-order valence-corrected chi connectivity index (χ1v) is 5.88. The zero-order valence-electron chi connectivity index (χ0n) is 10.8. The highest BCUT2D eigenvalue weighted by molar-refractivity contribution is 6.07. The van der Waals surface area contributed by atoms with Gasteiger partial charge in [0.05, 0.1) is 13.3 Å². The summed E-state index contributed by atoms with van der Waals surface area (Å²) < 4.78 is 12.2. The molecule has 0 saturated carbocycles. The first kappa shape index (κ1) is 12.4. The third kappa shape index (κ3) is 2.16. The van der Waals surface area contributed by atoms with Crippen LogP contribution in [0.1, 0.15) is 35.4 Å². The van der Waals surface area contributed by atoms with Crippen LogP contribution >= 0.6 is 0 Å². The zero-order chi connectivity index (χ0) is 13.1. The highest BCUT2D eigenvalue weighted by Gasteiger charge is 2.23. The molecule has 0 spiro atoms. The summed E-state index contributed by atoms with van der Waals surface area (Å²) in [6.07, 6.45) is 2.45. The molecule has 18 heavy (non-hydrogen) atoms. The van der Waals surface area contributed by atoms with Gasteiger partial charge in [0.1, 0.15) is 5.76 Å². The minimum Gasteiger partial charge on any atom is -0.493 e. The molecule has 0 aliphatic carbocycles. The molecule has 5 nitrogen and oxygen atoms in total. The highest BCUT2D eigenvalue weighted by atomic mass is 16.5. The van der Waals surface area contributed by atoms with Gasteiger partial charge in [-0.25, -0.2) is 0 Å². The second kappa shape index (κ2) is 5.08. The number of furan rings is 1. The molecule has 0 amide bonds. The van der Waals surface area contributed by atoms with Crippen molar-refractivity contribution >= 4 is 5.78 Å². The van der Waals surface area contributed by atoms with Crippen LogP contribution in [0.3, 0.4) is 0 Å². The third-order valence-electron chi connectivity index (χ3n) is 2.64. The predicted octanol–water partition coefficient (Wildman–Crippen LogP) is 2.43. The highest BCUT2D eigenvalue weighted by Crippen LogP contribution is 2.22. The molecule has 2 heterocycles. The first-order valence-electron chi connectivity index (χ1n) is 5.88. The maximum absolute atomic E-state index is 12.4. The lowest BCUT2D eigenvalue weighted by molar-refractivity contribution is 0.0994. The van der Waals surface area contributed by atoms with Gasteiger partial charge in [0.25, 0.3) is 0 Å². The molecular formula is C13H16N2O3. The Morgan fingerprint density at radius 2 is 2.28 bits per heavy atom. The molecule has 0 fully saturated rings. The van der Waals surface area contributed by atoms with Crippen molar-refractivity contribution in [2.75, 3.05) is 7.11 Å². The van der Waals surface area contributed by atoms with Crippen LogP contribution in [0.15, 0.2) is 22.7 Å². The van der Waals surface area contributed by atoms with E-state index in [-0.39, 0.29) is 5.78 Å². The van der Waals surface area contributed by atoms with Gasteiger partial charge in [-0.1, -0.05) is 6.92 Å². The van der Waals surface area contributed by atoms with Crippen molar-refractivity contribution in [1.29, 1.82) is 0 Å². The fourth-order valence-electron chi connectivity index (χ4n) is 1.80. The molecule has 0 radical (unpaired) electrons. The number of carbonyl (C=O) groups excluding carboxylic acids is 1. The molecule has 0 bridgehead atoms. The van der Waals surface area contributed by atoms with Crippen molar-refractivity contribution in [3.8, 4) is 5.75 Å². The largest absolute Gasteiger partial charge is 0.493 e. The molecule has 2 aromatic heterocycles. The quantitative estimate of drug-likeness (QED) is 0.762. The molecule has 0 saturated heterocycles. The topological polar surface area (TPSA) is 57.3 Å². The number of nitrogens with zero attached hydrogens (tertiary/aromatic N) is 2. The van der Waals surface area contributed by atoms with Crippen LogP contribution in [0.4, 0.5) is 0 Å². The number of ketones is 1. The van der Waals surface area contributed by atoms with Crippen molar-refractivity contribution in [1.82, 2.24) is 9.78 Å². The van der Waals surface area contributed by atoms with Crippen LogP contribution in [0.5, 0.6) is 5.75 Å². The number of methoxy groups -OCH3 is 1. The number of aryl methyl sites for hydroxylation is 2. The average Bonchev–Trinajstić information content (AvgIpc) is 2.95. The van der Waals surface area contributed by atoms with Crippen LogP contribution in [-0.4, -0.2) is 22.7 Å². The van der Waals surface area contributed by atoms with Crippen LogP contribution < -0.4 is 4.74 Å². The van der Waals surface area contributed by atoms with E-state index in [0.29, 0.717) is 29.5 Å². The molecular weight excluding hydrogens is 232 g/mol. The number of carbonyl (C=O) groups is 1. The fourth-order valence-corrected chi connectivity index (χ4v) is 1.80. The Labute approximate surface area is 105 Å². The van der Waals surface area contributed by atoms with E-state index in [1.807, 2.05) is 6.92 Å². The summed E-state index contributed by atoms with van der Waals surface area (Å²) in [5.41, 5.74) is 0.439. The van der Waals surface area contributed by atoms with E-state index >= 15 is 0 Å². The summed E-state index contributed by atoms with van der Waals surface area (Å²) in [5.74, 6) is 1.29. The summed E-state index contributed by atoms with van der Waals surface area (Å²) in [4.78, 5) is 12.4. The van der Waals surface area contributed by atoms with E-state index in [1.54, 1.807) is 29.9 Å². The SMILES string of the molecule is CCCn1ncc(OC)c1C(=O)c1ccc(C)o1. The van der Waals surface area contributed by atoms with Crippen molar-refractivity contribution in [3.05, 3.63) is 35.5 Å². The van der Waals surface area contributed by atoms with E-state index in [2.05, 4.69) is 5.10 Å². The number of hydrogen-bond donors (Lipinski definition) is 0. The van der Waals surface area contributed by atoms with Gasteiger partial charge in [-0.05, 0) is 25.5 Å². The van der Waals surface area contributed by atoms with Gasteiger partial charge >= 0.3 is 0 Å². The van der Waals surface area contributed by atoms with E-state index in [4.69, 9.17) is 9.15 Å². The minimum atomic E-state index is -0.203. The van der Waals surface area contributed by atoms with Crippen molar-refractivity contribution < 1.29 is 13.9 Å². The van der Waals surface area contributed by atoms with Crippen LogP contribution in [-0.2, 0) is 6.54 Å². The summed E-state index contributed by atoms with van der Waals surface area (Å²) in [5, 5.41) is 4.16. The molecule has 2 rings (SSSR count). The Morgan fingerprint density at radius 1 is 1.50 bits per heavy atom. The Bertz CT molecular complexity index is 554. The second-order valence-corrected chi connectivity index (χ2v) is 4.02. The Kier molecular flexibility index (Phi) is 3.50. The number of ether oxygens (including phenoxy) is 1. The molecule has 0 N–H and O–H groups in total.